The molecule has 9 heteroatoms. The third-order valence-electron chi connectivity index (χ3n) is 5.01. The van der Waals surface area contributed by atoms with E-state index in [1.54, 1.807) is 6.07 Å². The van der Waals surface area contributed by atoms with E-state index in [1.165, 1.54) is 10.7 Å². The van der Waals surface area contributed by atoms with Crippen LogP contribution in [0.2, 0.25) is 5.02 Å². The maximum atomic E-state index is 12.7. The van der Waals surface area contributed by atoms with E-state index in [2.05, 4.69) is 15.0 Å². The fourth-order valence-electron chi connectivity index (χ4n) is 3.69. The number of fused-ring (bicyclic) bond motifs is 1. The predicted octanol–water partition coefficient (Wildman–Crippen LogP) is 1.89. The Labute approximate surface area is 165 Å². The highest BCUT2D eigenvalue weighted by Gasteiger charge is 2.26. The lowest BCUT2D eigenvalue weighted by atomic mass is 10.0. The molecule has 0 radical (unpaired) electrons. The zero-order chi connectivity index (χ0) is 19.8. The molecule has 4 rings (SSSR count). The number of hydrogen-bond acceptors (Lipinski definition) is 5. The van der Waals surface area contributed by atoms with E-state index in [0.29, 0.717) is 34.9 Å². The van der Waals surface area contributed by atoms with E-state index in [0.717, 1.165) is 24.9 Å². The van der Waals surface area contributed by atoms with Gasteiger partial charge in [0.25, 0.3) is 5.56 Å². The summed E-state index contributed by atoms with van der Waals surface area (Å²) in [5, 5.41) is 14.4. The smallest absolute Gasteiger partial charge is 0.354 e. The summed E-state index contributed by atoms with van der Waals surface area (Å²) in [5.74, 6) is -0.577. The fraction of sp³-hybridized carbons (Fsp3) is 0.316. The highest BCUT2D eigenvalue weighted by atomic mass is 35.5. The van der Waals surface area contributed by atoms with Crippen LogP contribution in [0.5, 0.6) is 0 Å². The fourth-order valence-corrected chi connectivity index (χ4v) is 3.89. The first-order valence-electron chi connectivity index (χ1n) is 9.06. The number of anilines is 1. The average Bonchev–Trinajstić information content (AvgIpc) is 3.02. The molecule has 1 aliphatic heterocycles. The van der Waals surface area contributed by atoms with Crippen LogP contribution in [-0.2, 0) is 6.42 Å². The van der Waals surface area contributed by atoms with Crippen LogP contribution in [0.15, 0.2) is 35.3 Å². The number of aromatic amines is 1. The Morgan fingerprint density at radius 3 is 2.89 bits per heavy atom. The van der Waals surface area contributed by atoms with Gasteiger partial charge in [-0.3, -0.25) is 4.79 Å². The highest BCUT2D eigenvalue weighted by molar-refractivity contribution is 6.31. The highest BCUT2D eigenvalue weighted by Crippen LogP contribution is 2.29. The summed E-state index contributed by atoms with van der Waals surface area (Å²) in [6.45, 7) is 1.40. The summed E-state index contributed by atoms with van der Waals surface area (Å²) in [6.07, 6.45) is 3.59. The van der Waals surface area contributed by atoms with Gasteiger partial charge in [0.15, 0.2) is 5.82 Å². The van der Waals surface area contributed by atoms with Gasteiger partial charge in [0.1, 0.15) is 11.2 Å². The van der Waals surface area contributed by atoms with Crippen molar-refractivity contribution in [3.63, 3.8) is 0 Å². The first kappa shape index (κ1) is 18.5. The summed E-state index contributed by atoms with van der Waals surface area (Å²) in [6, 6.07) is 7.46. The number of hydrogen-bond donors (Lipinski definition) is 3. The number of aromatic carboxylic acids is 1. The summed E-state index contributed by atoms with van der Waals surface area (Å²) < 4.78 is 1.35. The minimum atomic E-state index is -1.22. The van der Waals surface area contributed by atoms with E-state index in [-0.39, 0.29) is 11.7 Å². The summed E-state index contributed by atoms with van der Waals surface area (Å²) in [4.78, 5) is 28.5. The van der Waals surface area contributed by atoms with Gasteiger partial charge in [-0.2, -0.15) is 0 Å². The Bertz CT molecular complexity index is 1110. The molecule has 0 bridgehead atoms. The minimum absolute atomic E-state index is 0.0274. The molecule has 1 aliphatic rings. The molecule has 8 nitrogen and oxygen atoms in total. The Morgan fingerprint density at radius 1 is 1.39 bits per heavy atom. The Morgan fingerprint density at radius 2 is 2.18 bits per heavy atom. The number of carbonyl (C=O) groups is 1. The number of rotatable bonds is 4. The van der Waals surface area contributed by atoms with Gasteiger partial charge in [-0.25, -0.2) is 9.31 Å². The molecular weight excluding hydrogens is 382 g/mol. The monoisotopic (exact) mass is 401 g/mol. The van der Waals surface area contributed by atoms with Crippen LogP contribution in [0, 0.1) is 0 Å². The molecule has 1 fully saturated rings. The van der Waals surface area contributed by atoms with Crippen LogP contribution in [0.4, 0.5) is 5.82 Å². The standard InChI is InChI=1S/C19H20ClN5O3/c20-14-6-2-1-4-11(14)8-13-16-18(26)22-15(19(27)28)10-25(16)23-17(13)24-7-3-5-12(21)9-24/h1-2,4,6,10,12H,3,5,7-9,21H2,(H,22,26)(H,27,28)/t12-/m1/s1. The molecule has 1 saturated heterocycles. The van der Waals surface area contributed by atoms with E-state index in [1.807, 2.05) is 18.2 Å². The molecule has 0 saturated carbocycles. The lowest BCUT2D eigenvalue weighted by Gasteiger charge is -2.31. The SMILES string of the molecule is N[C@@H]1CCCN(c2nn3cc(C(=O)O)[nH]c(=O)c3c2Cc2ccccc2Cl)C1. The number of aromatic nitrogens is 3. The molecule has 4 N–H and O–H groups in total. The zero-order valence-electron chi connectivity index (χ0n) is 15.1. The number of benzene rings is 1. The molecule has 146 valence electrons. The zero-order valence-corrected chi connectivity index (χ0v) is 15.8. The second kappa shape index (κ2) is 7.29. The molecule has 0 amide bonds. The van der Waals surface area contributed by atoms with Crippen LogP contribution in [0.1, 0.15) is 34.5 Å². The Balaban J connectivity index is 1.90. The van der Waals surface area contributed by atoms with E-state index >= 15 is 0 Å². The van der Waals surface area contributed by atoms with Crippen molar-refractivity contribution in [1.29, 1.82) is 0 Å². The van der Waals surface area contributed by atoms with Crippen LogP contribution in [0.3, 0.4) is 0 Å². The summed E-state index contributed by atoms with van der Waals surface area (Å²) >= 11 is 6.34. The van der Waals surface area contributed by atoms with Gasteiger partial charge in [0, 0.05) is 36.1 Å². The number of carboxylic acids is 1. The molecule has 0 spiro atoms. The third-order valence-corrected chi connectivity index (χ3v) is 5.38. The van der Waals surface area contributed by atoms with Gasteiger partial charge in [-0.15, -0.1) is 5.10 Å². The molecule has 0 aliphatic carbocycles. The third kappa shape index (κ3) is 3.36. The first-order valence-corrected chi connectivity index (χ1v) is 9.43. The molecular formula is C19H20ClN5O3. The van der Waals surface area contributed by atoms with Crippen molar-refractivity contribution in [2.75, 3.05) is 18.0 Å². The second-order valence-electron chi connectivity index (χ2n) is 7.01. The number of halogens is 1. The molecule has 1 atom stereocenters. The van der Waals surface area contributed by atoms with Crippen LogP contribution < -0.4 is 16.2 Å². The van der Waals surface area contributed by atoms with Crippen molar-refractivity contribution >= 4 is 28.9 Å². The minimum Gasteiger partial charge on any atom is -0.477 e. The van der Waals surface area contributed by atoms with Gasteiger partial charge in [-0.1, -0.05) is 29.8 Å². The average molecular weight is 402 g/mol. The van der Waals surface area contributed by atoms with Crippen LogP contribution in [-0.4, -0.2) is 44.8 Å². The van der Waals surface area contributed by atoms with Crippen molar-refractivity contribution in [2.24, 2.45) is 5.73 Å². The topological polar surface area (TPSA) is 117 Å². The van der Waals surface area contributed by atoms with E-state index in [4.69, 9.17) is 17.3 Å². The first-order chi connectivity index (χ1) is 13.4. The van der Waals surface area contributed by atoms with Gasteiger partial charge in [-0.05, 0) is 24.5 Å². The Kier molecular flexibility index (Phi) is 4.82. The number of H-pyrrole nitrogens is 1. The van der Waals surface area contributed by atoms with Crippen molar-refractivity contribution in [3.8, 4) is 0 Å². The van der Waals surface area contributed by atoms with Crippen molar-refractivity contribution in [1.82, 2.24) is 14.6 Å². The number of piperidine rings is 1. The van der Waals surface area contributed by atoms with Crippen molar-refractivity contribution in [3.05, 3.63) is 62.7 Å². The number of nitrogens with one attached hydrogen (secondary N) is 1. The Hall–Kier alpha value is -2.84. The van der Waals surface area contributed by atoms with Crippen molar-refractivity contribution < 1.29 is 9.90 Å². The van der Waals surface area contributed by atoms with Crippen LogP contribution in [0.25, 0.3) is 5.52 Å². The van der Waals surface area contributed by atoms with Gasteiger partial charge in [0.05, 0.1) is 6.20 Å². The van der Waals surface area contributed by atoms with Gasteiger partial charge in [0.2, 0.25) is 0 Å². The lowest BCUT2D eigenvalue weighted by molar-refractivity contribution is 0.0689. The largest absolute Gasteiger partial charge is 0.477 e. The van der Waals surface area contributed by atoms with Crippen LogP contribution >= 0.6 is 11.6 Å². The maximum Gasteiger partial charge on any atom is 0.354 e. The molecule has 3 heterocycles. The molecule has 3 aromatic rings. The normalized spacial score (nSPS) is 17.2. The van der Waals surface area contributed by atoms with Gasteiger partial charge < -0.3 is 20.7 Å². The van der Waals surface area contributed by atoms with Gasteiger partial charge >= 0.3 is 5.97 Å². The summed E-state index contributed by atoms with van der Waals surface area (Å²) in [7, 11) is 0. The second-order valence-corrected chi connectivity index (χ2v) is 7.42. The lowest BCUT2D eigenvalue weighted by Crippen LogP contribution is -2.43. The quantitative estimate of drug-likeness (QED) is 0.614. The van der Waals surface area contributed by atoms with E-state index in [9.17, 15) is 14.7 Å². The van der Waals surface area contributed by atoms with E-state index < -0.39 is 11.5 Å². The summed E-state index contributed by atoms with van der Waals surface area (Å²) in [5.41, 5.74) is 7.31. The molecule has 1 aromatic carbocycles. The molecule has 2 aromatic heterocycles. The molecule has 0 unspecified atom stereocenters. The molecule has 28 heavy (non-hydrogen) atoms. The van der Waals surface area contributed by atoms with Crippen molar-refractivity contribution in [2.45, 2.75) is 25.3 Å². The maximum absolute atomic E-state index is 12.7. The predicted molar refractivity (Wildman–Crippen MR) is 106 cm³/mol. The number of nitrogens with two attached hydrogens (primary N) is 1. The number of carboxylic acid groups (broad SMARTS) is 1. The number of nitrogens with zero attached hydrogens (tertiary/aromatic N) is 3.